The first-order chi connectivity index (χ1) is 8.40. The van der Waals surface area contributed by atoms with E-state index in [0.29, 0.717) is 11.1 Å². The molecule has 4 nitrogen and oxygen atoms in total. The van der Waals surface area contributed by atoms with Crippen LogP contribution in [-0.4, -0.2) is 53.7 Å². The zero-order valence-corrected chi connectivity index (χ0v) is 11.1. The molecule has 19 heavy (non-hydrogen) atoms. The molecule has 0 atom stereocenters. The molecule has 100 valence electrons. The van der Waals surface area contributed by atoms with Crippen molar-refractivity contribution < 1.29 is 19.1 Å². The van der Waals surface area contributed by atoms with Crippen LogP contribution in [0.2, 0.25) is 0 Å². The molecule has 1 aromatic rings. The molecule has 0 amide bonds. The molecular weight excluding hydrogens is 255 g/mol. The van der Waals surface area contributed by atoms with Crippen LogP contribution in [0.25, 0.3) is 0 Å². The Labute approximate surface area is 135 Å². The Balaban J connectivity index is 0.00000324. The van der Waals surface area contributed by atoms with Gasteiger partial charge in [0.05, 0.1) is 23.3 Å². The summed E-state index contributed by atoms with van der Waals surface area (Å²) in [5.74, 6) is -0.789. The van der Waals surface area contributed by atoms with E-state index < -0.39 is 11.9 Å². The fraction of sp³-hybridized carbons (Fsp3) is 0.429. The van der Waals surface area contributed by atoms with Gasteiger partial charge in [-0.3, -0.25) is 0 Å². The third-order valence-electron chi connectivity index (χ3n) is 2.04. The van der Waals surface area contributed by atoms with Crippen LogP contribution in [0.15, 0.2) is 24.3 Å². The Morgan fingerprint density at radius 2 is 1.05 bits per heavy atom. The molecule has 0 aliphatic heterocycles. The van der Waals surface area contributed by atoms with Crippen molar-refractivity contribution in [2.75, 3.05) is 0 Å². The minimum absolute atomic E-state index is 0. The standard InChI is InChI=1S/C14H18O4.Na.H/c1-9(2)17-13(15)11-5-7-12(8-6-11)14(16)18-10(3)4;;/h5-10H,1-4H3;;. The maximum absolute atomic E-state index is 11.6. The zero-order valence-electron chi connectivity index (χ0n) is 11.1. The van der Waals surface area contributed by atoms with E-state index in [1.165, 1.54) is 0 Å². The van der Waals surface area contributed by atoms with E-state index in [2.05, 4.69) is 0 Å². The van der Waals surface area contributed by atoms with Gasteiger partial charge in [-0.05, 0) is 52.0 Å². The molecule has 1 rings (SSSR count). The van der Waals surface area contributed by atoms with E-state index in [4.69, 9.17) is 9.47 Å². The van der Waals surface area contributed by atoms with Crippen molar-refractivity contribution in [2.45, 2.75) is 39.9 Å². The summed E-state index contributed by atoms with van der Waals surface area (Å²) in [6, 6.07) is 6.23. The van der Waals surface area contributed by atoms with Gasteiger partial charge >= 0.3 is 41.5 Å². The molecule has 0 radical (unpaired) electrons. The van der Waals surface area contributed by atoms with E-state index in [-0.39, 0.29) is 41.8 Å². The fourth-order valence-corrected chi connectivity index (χ4v) is 1.31. The molecule has 0 bridgehead atoms. The molecule has 0 aromatic heterocycles. The Bertz CT molecular complexity index is 383. The number of ether oxygens (including phenoxy) is 2. The predicted octanol–water partition coefficient (Wildman–Crippen LogP) is 2.17. The first-order valence-electron chi connectivity index (χ1n) is 5.92. The minimum atomic E-state index is -0.395. The summed E-state index contributed by atoms with van der Waals surface area (Å²) in [6.07, 6.45) is -0.328. The normalized spacial score (nSPS) is 10.0. The number of hydrogen-bond donors (Lipinski definition) is 0. The summed E-state index contributed by atoms with van der Waals surface area (Å²) < 4.78 is 10.1. The van der Waals surface area contributed by atoms with Gasteiger partial charge in [-0.2, -0.15) is 0 Å². The molecule has 0 N–H and O–H groups in total. The van der Waals surface area contributed by atoms with Crippen LogP contribution in [-0.2, 0) is 9.47 Å². The monoisotopic (exact) mass is 274 g/mol. The summed E-state index contributed by atoms with van der Waals surface area (Å²) in [5, 5.41) is 0. The van der Waals surface area contributed by atoms with Gasteiger partial charge in [0.1, 0.15) is 0 Å². The molecule has 0 aliphatic carbocycles. The average molecular weight is 274 g/mol. The fourth-order valence-electron chi connectivity index (χ4n) is 1.31. The second kappa shape index (κ2) is 8.35. The molecule has 0 spiro atoms. The van der Waals surface area contributed by atoms with Gasteiger partial charge in [-0.15, -0.1) is 0 Å². The molecule has 0 saturated heterocycles. The van der Waals surface area contributed by atoms with Crippen molar-refractivity contribution in [2.24, 2.45) is 0 Å². The van der Waals surface area contributed by atoms with Gasteiger partial charge in [-0.1, -0.05) is 0 Å². The number of rotatable bonds is 4. The van der Waals surface area contributed by atoms with Gasteiger partial charge in [0.25, 0.3) is 0 Å². The van der Waals surface area contributed by atoms with Crippen molar-refractivity contribution in [3.63, 3.8) is 0 Å². The van der Waals surface area contributed by atoms with Gasteiger partial charge in [-0.25, -0.2) is 9.59 Å². The molecule has 0 heterocycles. The van der Waals surface area contributed by atoms with E-state index >= 15 is 0 Å². The van der Waals surface area contributed by atoms with E-state index in [9.17, 15) is 9.59 Å². The molecule has 0 unspecified atom stereocenters. The van der Waals surface area contributed by atoms with Crippen molar-refractivity contribution in [1.29, 1.82) is 0 Å². The van der Waals surface area contributed by atoms with Crippen LogP contribution in [0, 0.1) is 0 Å². The van der Waals surface area contributed by atoms with E-state index in [1.807, 2.05) is 0 Å². The number of carbonyl (C=O) groups excluding carboxylic acids is 2. The van der Waals surface area contributed by atoms with Crippen LogP contribution < -0.4 is 0 Å². The molecule has 0 fully saturated rings. The first-order valence-corrected chi connectivity index (χ1v) is 5.92. The summed E-state index contributed by atoms with van der Waals surface area (Å²) in [6.45, 7) is 7.14. The quantitative estimate of drug-likeness (QED) is 0.623. The van der Waals surface area contributed by atoms with Gasteiger partial charge in [0.15, 0.2) is 0 Å². The number of hydrogen-bond acceptors (Lipinski definition) is 4. The van der Waals surface area contributed by atoms with Crippen molar-refractivity contribution in [3.05, 3.63) is 35.4 Å². The predicted molar refractivity (Wildman–Crippen MR) is 74.7 cm³/mol. The molecule has 0 aliphatic rings. The maximum atomic E-state index is 11.6. The van der Waals surface area contributed by atoms with Crippen molar-refractivity contribution in [3.8, 4) is 0 Å². The molecule has 1 aromatic carbocycles. The van der Waals surface area contributed by atoms with Crippen LogP contribution in [0.3, 0.4) is 0 Å². The summed E-state index contributed by atoms with van der Waals surface area (Å²) in [5.41, 5.74) is 0.842. The van der Waals surface area contributed by atoms with E-state index in [0.717, 1.165) is 0 Å². The second-order valence-corrected chi connectivity index (χ2v) is 4.49. The van der Waals surface area contributed by atoms with Gasteiger partial charge in [0.2, 0.25) is 0 Å². The van der Waals surface area contributed by atoms with Crippen LogP contribution in [0.4, 0.5) is 0 Å². The topological polar surface area (TPSA) is 52.6 Å². The molecule has 5 heteroatoms. The van der Waals surface area contributed by atoms with Crippen molar-refractivity contribution >= 4 is 41.5 Å². The Morgan fingerprint density at radius 3 is 1.26 bits per heavy atom. The number of benzene rings is 1. The Hall–Kier alpha value is -0.840. The molecule has 0 saturated carbocycles. The van der Waals surface area contributed by atoms with Crippen LogP contribution in [0.1, 0.15) is 48.4 Å². The third kappa shape index (κ3) is 6.23. The Kier molecular flexibility index (Phi) is 7.99. The summed E-state index contributed by atoms with van der Waals surface area (Å²) in [4.78, 5) is 23.2. The first kappa shape index (κ1) is 18.2. The van der Waals surface area contributed by atoms with Crippen LogP contribution in [0.5, 0.6) is 0 Å². The van der Waals surface area contributed by atoms with E-state index in [1.54, 1.807) is 52.0 Å². The Morgan fingerprint density at radius 1 is 0.789 bits per heavy atom. The van der Waals surface area contributed by atoms with Gasteiger partial charge in [0, 0.05) is 0 Å². The summed E-state index contributed by atoms with van der Waals surface area (Å²) in [7, 11) is 0. The average Bonchev–Trinajstić information content (AvgIpc) is 2.27. The van der Waals surface area contributed by atoms with Gasteiger partial charge < -0.3 is 9.47 Å². The van der Waals surface area contributed by atoms with Crippen molar-refractivity contribution in [1.82, 2.24) is 0 Å². The SMILES string of the molecule is CC(C)OC(=O)c1ccc(C(=O)OC(C)C)cc1.[NaH]. The van der Waals surface area contributed by atoms with Crippen LogP contribution >= 0.6 is 0 Å². The second-order valence-electron chi connectivity index (χ2n) is 4.49. The summed E-state index contributed by atoms with van der Waals surface area (Å²) >= 11 is 0. The number of carbonyl (C=O) groups is 2. The third-order valence-corrected chi connectivity index (χ3v) is 2.04. The zero-order chi connectivity index (χ0) is 13.7. The number of esters is 2. The molecular formula is C14H19NaO4.